The summed E-state index contributed by atoms with van der Waals surface area (Å²) < 4.78 is 0. The van der Waals surface area contributed by atoms with Crippen LogP contribution < -0.4 is 0 Å². The lowest BCUT2D eigenvalue weighted by molar-refractivity contribution is 0.661. The van der Waals surface area contributed by atoms with Crippen LogP contribution in [0.4, 0.5) is 0 Å². The molecule has 0 saturated carbocycles. The fraction of sp³-hybridized carbons (Fsp3) is 0.0536. The van der Waals surface area contributed by atoms with Gasteiger partial charge in [0.15, 0.2) is 5.82 Å². The van der Waals surface area contributed by atoms with Crippen LogP contribution in [0.15, 0.2) is 200 Å². The third kappa shape index (κ3) is 5.85. The highest BCUT2D eigenvalue weighted by Gasteiger charge is 2.37. The molecule has 2 aromatic heterocycles. The van der Waals surface area contributed by atoms with E-state index in [-0.39, 0.29) is 5.41 Å². The molecule has 278 valence electrons. The molecule has 0 unspecified atom stereocenters. The Hall–Kier alpha value is -7.49. The normalized spacial score (nSPS) is 12.7. The average molecular weight is 754 g/mol. The molecule has 3 heteroatoms. The van der Waals surface area contributed by atoms with Crippen molar-refractivity contribution in [2.24, 2.45) is 0 Å². The molecule has 3 nitrogen and oxygen atoms in total. The highest BCUT2D eigenvalue weighted by atomic mass is 14.9. The van der Waals surface area contributed by atoms with E-state index in [1.807, 2.05) is 30.5 Å². The number of benzene rings is 8. The van der Waals surface area contributed by atoms with Crippen LogP contribution in [0, 0.1) is 0 Å². The van der Waals surface area contributed by atoms with Crippen molar-refractivity contribution in [3.05, 3.63) is 212 Å². The molecule has 1 aliphatic rings. The maximum absolute atomic E-state index is 5.24. The van der Waals surface area contributed by atoms with Crippen molar-refractivity contribution in [3.8, 4) is 78.4 Å². The van der Waals surface area contributed by atoms with Gasteiger partial charge in [-0.2, -0.15) is 0 Å². The van der Waals surface area contributed by atoms with Crippen LogP contribution in [0.25, 0.3) is 100.0 Å². The zero-order chi connectivity index (χ0) is 39.5. The monoisotopic (exact) mass is 753 g/mol. The van der Waals surface area contributed by atoms with Crippen LogP contribution in [0.1, 0.15) is 25.0 Å². The molecule has 0 N–H and O–H groups in total. The molecule has 0 fully saturated rings. The van der Waals surface area contributed by atoms with Crippen LogP contribution in [0.3, 0.4) is 0 Å². The SMILES string of the molecule is CC1(C)c2cccc(-c3cccc(-c4ccc(-c5cc(-c6ccc(-c7cccnc7)cc6)nc(-c6ccccc6)n5)c5ccccc45)c3)c2-c2c1ccc1ccccc21. The molecule has 8 aromatic carbocycles. The van der Waals surface area contributed by atoms with E-state index in [1.165, 1.54) is 60.7 Å². The molecule has 0 radical (unpaired) electrons. The Balaban J connectivity index is 1.04. The minimum atomic E-state index is -0.0983. The molecule has 10 aromatic rings. The van der Waals surface area contributed by atoms with Crippen LogP contribution in [0.5, 0.6) is 0 Å². The molecule has 59 heavy (non-hydrogen) atoms. The lowest BCUT2D eigenvalue weighted by Crippen LogP contribution is -2.14. The molecule has 2 heterocycles. The van der Waals surface area contributed by atoms with Crippen molar-refractivity contribution in [2.45, 2.75) is 19.3 Å². The van der Waals surface area contributed by atoms with Gasteiger partial charge in [0, 0.05) is 34.5 Å². The largest absolute Gasteiger partial charge is 0.264 e. The van der Waals surface area contributed by atoms with E-state index in [4.69, 9.17) is 9.97 Å². The minimum absolute atomic E-state index is 0.0983. The number of aromatic nitrogens is 3. The number of pyridine rings is 1. The van der Waals surface area contributed by atoms with Gasteiger partial charge in [-0.3, -0.25) is 4.98 Å². The van der Waals surface area contributed by atoms with Gasteiger partial charge in [-0.05, 0) is 95.4 Å². The minimum Gasteiger partial charge on any atom is -0.264 e. The predicted molar refractivity (Wildman–Crippen MR) is 245 cm³/mol. The Bertz CT molecular complexity index is 3220. The maximum Gasteiger partial charge on any atom is 0.160 e. The molecule has 0 atom stereocenters. The van der Waals surface area contributed by atoms with Crippen molar-refractivity contribution in [3.63, 3.8) is 0 Å². The molecular weight excluding hydrogens is 715 g/mol. The lowest BCUT2D eigenvalue weighted by atomic mass is 9.81. The molecule has 0 bridgehead atoms. The van der Waals surface area contributed by atoms with Crippen molar-refractivity contribution >= 4 is 21.5 Å². The van der Waals surface area contributed by atoms with Gasteiger partial charge in [-0.25, -0.2) is 9.97 Å². The van der Waals surface area contributed by atoms with Gasteiger partial charge in [0.25, 0.3) is 0 Å². The molecule has 0 amide bonds. The van der Waals surface area contributed by atoms with E-state index in [9.17, 15) is 0 Å². The van der Waals surface area contributed by atoms with Crippen LogP contribution >= 0.6 is 0 Å². The molecule has 0 saturated heterocycles. The summed E-state index contributed by atoms with van der Waals surface area (Å²) in [6, 6.07) is 67.6. The van der Waals surface area contributed by atoms with E-state index < -0.39 is 0 Å². The number of fused-ring (bicyclic) bond motifs is 6. The van der Waals surface area contributed by atoms with Gasteiger partial charge in [0.1, 0.15) is 0 Å². The Kier molecular flexibility index (Phi) is 8.16. The Morgan fingerprint density at radius 2 is 1.00 bits per heavy atom. The van der Waals surface area contributed by atoms with Crippen molar-refractivity contribution < 1.29 is 0 Å². The first kappa shape index (κ1) is 34.7. The van der Waals surface area contributed by atoms with Gasteiger partial charge in [0.2, 0.25) is 0 Å². The van der Waals surface area contributed by atoms with Gasteiger partial charge in [-0.15, -0.1) is 0 Å². The summed E-state index contributed by atoms with van der Waals surface area (Å²) in [6.45, 7) is 4.73. The standard InChI is InChI=1S/C56H39N3/c1-56(2)49-23-11-22-45(54(49)53-44-19-7-6-13-37(44)28-31-50(53)56)41-17-10-16-40(33-41)43-29-30-48(47-21-9-8-20-46(43)47)52-34-51(58-55(59-52)39-14-4-3-5-15-39)38-26-24-36(25-27-38)42-18-12-32-57-35-42/h3-35H,1-2H3. The first-order chi connectivity index (χ1) is 29.0. The Morgan fingerprint density at radius 1 is 0.373 bits per heavy atom. The number of hydrogen-bond donors (Lipinski definition) is 0. The third-order valence-electron chi connectivity index (χ3n) is 12.2. The highest BCUT2D eigenvalue weighted by Crippen LogP contribution is 2.54. The summed E-state index contributed by atoms with van der Waals surface area (Å²) in [5, 5.41) is 4.91. The summed E-state index contributed by atoms with van der Waals surface area (Å²) in [5.41, 5.74) is 17.3. The fourth-order valence-corrected chi connectivity index (χ4v) is 9.23. The van der Waals surface area contributed by atoms with E-state index in [1.54, 1.807) is 6.20 Å². The number of rotatable bonds is 6. The molecule has 0 spiro atoms. The highest BCUT2D eigenvalue weighted by molar-refractivity contribution is 6.08. The van der Waals surface area contributed by atoms with E-state index >= 15 is 0 Å². The summed E-state index contributed by atoms with van der Waals surface area (Å²) in [6.07, 6.45) is 3.70. The second-order valence-electron chi connectivity index (χ2n) is 16.0. The van der Waals surface area contributed by atoms with Crippen molar-refractivity contribution in [1.29, 1.82) is 0 Å². The van der Waals surface area contributed by atoms with Crippen LogP contribution in [-0.4, -0.2) is 15.0 Å². The summed E-state index contributed by atoms with van der Waals surface area (Å²) >= 11 is 0. The first-order valence-corrected chi connectivity index (χ1v) is 20.3. The Labute approximate surface area is 344 Å². The molecule has 1 aliphatic carbocycles. The predicted octanol–water partition coefficient (Wildman–Crippen LogP) is 14.5. The maximum atomic E-state index is 5.24. The summed E-state index contributed by atoms with van der Waals surface area (Å²) in [5.74, 6) is 0.697. The van der Waals surface area contributed by atoms with Gasteiger partial charge in [0.05, 0.1) is 11.4 Å². The zero-order valence-electron chi connectivity index (χ0n) is 32.9. The zero-order valence-corrected chi connectivity index (χ0v) is 32.9. The van der Waals surface area contributed by atoms with Crippen LogP contribution in [0.2, 0.25) is 0 Å². The van der Waals surface area contributed by atoms with Gasteiger partial charge >= 0.3 is 0 Å². The average Bonchev–Trinajstić information content (AvgIpc) is 3.55. The Morgan fingerprint density at radius 3 is 1.80 bits per heavy atom. The topological polar surface area (TPSA) is 38.7 Å². The lowest BCUT2D eigenvalue weighted by Gasteiger charge is -2.21. The van der Waals surface area contributed by atoms with E-state index in [0.29, 0.717) is 5.82 Å². The van der Waals surface area contributed by atoms with E-state index in [0.717, 1.165) is 44.6 Å². The molecule has 11 rings (SSSR count). The summed E-state index contributed by atoms with van der Waals surface area (Å²) in [7, 11) is 0. The number of hydrogen-bond acceptors (Lipinski definition) is 3. The molecular formula is C56H39N3. The smallest absolute Gasteiger partial charge is 0.160 e. The van der Waals surface area contributed by atoms with Gasteiger partial charge in [-0.1, -0.05) is 184 Å². The fourth-order valence-electron chi connectivity index (χ4n) is 9.23. The van der Waals surface area contributed by atoms with Crippen molar-refractivity contribution in [1.82, 2.24) is 15.0 Å². The molecule has 0 aliphatic heterocycles. The van der Waals surface area contributed by atoms with Crippen LogP contribution in [-0.2, 0) is 5.41 Å². The third-order valence-corrected chi connectivity index (χ3v) is 12.2. The second kappa shape index (κ2) is 13.9. The quantitative estimate of drug-likeness (QED) is 0.170. The van der Waals surface area contributed by atoms with Gasteiger partial charge < -0.3 is 0 Å². The first-order valence-electron chi connectivity index (χ1n) is 20.3. The van der Waals surface area contributed by atoms with Crippen molar-refractivity contribution in [2.75, 3.05) is 0 Å². The van der Waals surface area contributed by atoms with E-state index in [2.05, 4.69) is 183 Å². The second-order valence-corrected chi connectivity index (χ2v) is 16.0. The summed E-state index contributed by atoms with van der Waals surface area (Å²) in [4.78, 5) is 14.7. The number of nitrogens with zero attached hydrogens (tertiary/aromatic N) is 3.